The lowest BCUT2D eigenvalue weighted by Crippen LogP contribution is -2.23. The summed E-state index contributed by atoms with van der Waals surface area (Å²) in [4.78, 5) is 11.1. The average molecular weight is 401 g/mol. The summed E-state index contributed by atoms with van der Waals surface area (Å²) in [5, 5.41) is 9.10. The van der Waals surface area contributed by atoms with Crippen molar-refractivity contribution in [3.05, 3.63) is 100 Å². The van der Waals surface area contributed by atoms with Crippen LogP contribution in [0.5, 0.6) is 5.75 Å². The van der Waals surface area contributed by atoms with Gasteiger partial charge in [-0.15, -0.1) is 0 Å². The standard InChI is InChI=1S/C27H28O3/c1-27(18-23-6-3-4-9-24(23)30-2)17-16-21-8-5-7-20(25(21)27)13-10-19-11-14-22(15-12-19)26(28)29/h3-9,11-12,14-15H,10,13,16-18H2,1-2H3,(H,28,29). The number of carbonyl (C=O) groups is 1. The molecule has 0 saturated heterocycles. The van der Waals surface area contributed by atoms with Gasteiger partial charge in [-0.2, -0.15) is 0 Å². The fourth-order valence-corrected chi connectivity index (χ4v) is 4.92. The number of carboxylic acids is 1. The van der Waals surface area contributed by atoms with Crippen LogP contribution in [-0.4, -0.2) is 18.2 Å². The van der Waals surface area contributed by atoms with Crippen LogP contribution in [0.1, 0.15) is 51.5 Å². The van der Waals surface area contributed by atoms with Gasteiger partial charge in [0.15, 0.2) is 0 Å². The molecule has 0 aromatic heterocycles. The Bertz CT molecular complexity index is 1050. The maximum Gasteiger partial charge on any atom is 0.335 e. The second kappa shape index (κ2) is 8.35. The number of carboxylic acid groups (broad SMARTS) is 1. The van der Waals surface area contributed by atoms with Crippen molar-refractivity contribution in [2.75, 3.05) is 7.11 Å². The van der Waals surface area contributed by atoms with Crippen molar-refractivity contribution in [2.45, 2.75) is 44.4 Å². The van der Waals surface area contributed by atoms with Crippen LogP contribution in [0.2, 0.25) is 0 Å². The Morgan fingerprint density at radius 3 is 2.43 bits per heavy atom. The SMILES string of the molecule is COc1ccccc1CC1(C)CCc2cccc(CCc3ccc(C(=O)O)cc3)c21. The summed E-state index contributed by atoms with van der Waals surface area (Å²) in [7, 11) is 1.74. The van der Waals surface area contributed by atoms with E-state index in [9.17, 15) is 4.79 Å². The average Bonchev–Trinajstić information content (AvgIpc) is 3.10. The molecule has 0 radical (unpaired) electrons. The van der Waals surface area contributed by atoms with Crippen LogP contribution < -0.4 is 4.74 Å². The monoisotopic (exact) mass is 400 g/mol. The first-order valence-corrected chi connectivity index (χ1v) is 10.6. The highest BCUT2D eigenvalue weighted by Crippen LogP contribution is 2.44. The zero-order valence-electron chi connectivity index (χ0n) is 17.7. The van der Waals surface area contributed by atoms with Gasteiger partial charge in [-0.1, -0.05) is 55.5 Å². The molecule has 154 valence electrons. The molecule has 0 spiro atoms. The Hall–Kier alpha value is -3.07. The lowest BCUT2D eigenvalue weighted by molar-refractivity contribution is 0.0697. The van der Waals surface area contributed by atoms with E-state index in [4.69, 9.17) is 9.84 Å². The van der Waals surface area contributed by atoms with Gasteiger partial charge in [0, 0.05) is 0 Å². The van der Waals surface area contributed by atoms with Crippen molar-refractivity contribution < 1.29 is 14.6 Å². The maximum atomic E-state index is 11.1. The van der Waals surface area contributed by atoms with Crippen molar-refractivity contribution in [3.8, 4) is 5.75 Å². The Kier molecular flexibility index (Phi) is 5.63. The number of methoxy groups -OCH3 is 1. The molecule has 1 atom stereocenters. The Labute approximate surface area is 178 Å². The second-order valence-electron chi connectivity index (χ2n) is 8.50. The van der Waals surface area contributed by atoms with Gasteiger partial charge in [0.25, 0.3) is 0 Å². The molecule has 4 rings (SSSR count). The van der Waals surface area contributed by atoms with E-state index in [1.165, 1.54) is 27.8 Å². The summed E-state index contributed by atoms with van der Waals surface area (Å²) in [6.45, 7) is 2.39. The molecule has 0 amide bonds. The van der Waals surface area contributed by atoms with Gasteiger partial charge < -0.3 is 9.84 Å². The molecule has 3 heteroatoms. The molecule has 0 bridgehead atoms. The summed E-state index contributed by atoms with van der Waals surface area (Å²) in [6.07, 6.45) is 5.08. The topological polar surface area (TPSA) is 46.5 Å². The van der Waals surface area contributed by atoms with E-state index in [1.807, 2.05) is 24.3 Å². The van der Waals surface area contributed by atoms with Gasteiger partial charge in [0.1, 0.15) is 5.75 Å². The van der Waals surface area contributed by atoms with Crippen molar-refractivity contribution in [1.82, 2.24) is 0 Å². The zero-order valence-corrected chi connectivity index (χ0v) is 17.7. The molecular weight excluding hydrogens is 372 g/mol. The molecule has 3 aromatic rings. The number of aromatic carboxylic acids is 1. The summed E-state index contributed by atoms with van der Waals surface area (Å²) in [5.74, 6) is 0.0812. The lowest BCUT2D eigenvalue weighted by atomic mass is 9.75. The van der Waals surface area contributed by atoms with E-state index in [2.05, 4.69) is 37.3 Å². The first-order chi connectivity index (χ1) is 14.5. The third kappa shape index (κ3) is 3.97. The van der Waals surface area contributed by atoms with Crippen LogP contribution in [-0.2, 0) is 31.1 Å². The van der Waals surface area contributed by atoms with Crippen LogP contribution in [0.3, 0.4) is 0 Å². The number of para-hydroxylation sites is 1. The molecule has 3 nitrogen and oxygen atoms in total. The first kappa shape index (κ1) is 20.2. The normalized spacial score (nSPS) is 17.5. The van der Waals surface area contributed by atoms with Crippen molar-refractivity contribution in [1.29, 1.82) is 0 Å². The molecule has 30 heavy (non-hydrogen) atoms. The quantitative estimate of drug-likeness (QED) is 0.559. The van der Waals surface area contributed by atoms with Crippen LogP contribution >= 0.6 is 0 Å². The van der Waals surface area contributed by atoms with Gasteiger partial charge in [-0.25, -0.2) is 4.79 Å². The molecule has 1 aliphatic rings. The smallest absolute Gasteiger partial charge is 0.335 e. The van der Waals surface area contributed by atoms with Gasteiger partial charge in [0.05, 0.1) is 12.7 Å². The Morgan fingerprint density at radius 2 is 1.70 bits per heavy atom. The van der Waals surface area contributed by atoms with Crippen molar-refractivity contribution >= 4 is 5.97 Å². The minimum Gasteiger partial charge on any atom is -0.496 e. The van der Waals surface area contributed by atoms with E-state index in [-0.39, 0.29) is 5.41 Å². The predicted molar refractivity (Wildman–Crippen MR) is 120 cm³/mol. The van der Waals surface area contributed by atoms with E-state index in [1.54, 1.807) is 19.2 Å². The first-order valence-electron chi connectivity index (χ1n) is 10.6. The maximum absolute atomic E-state index is 11.1. The minimum atomic E-state index is -0.880. The Balaban J connectivity index is 1.58. The van der Waals surface area contributed by atoms with Crippen LogP contribution in [0.15, 0.2) is 66.7 Å². The largest absolute Gasteiger partial charge is 0.496 e. The van der Waals surface area contributed by atoms with Gasteiger partial charge >= 0.3 is 5.97 Å². The molecule has 1 N–H and O–H groups in total. The van der Waals surface area contributed by atoms with Crippen molar-refractivity contribution in [2.24, 2.45) is 0 Å². The van der Waals surface area contributed by atoms with Crippen molar-refractivity contribution in [3.63, 3.8) is 0 Å². The predicted octanol–water partition coefficient (Wildman–Crippen LogP) is 5.63. The van der Waals surface area contributed by atoms with E-state index < -0.39 is 5.97 Å². The zero-order chi connectivity index (χ0) is 21.1. The summed E-state index contributed by atoms with van der Waals surface area (Å²) < 4.78 is 5.61. The van der Waals surface area contributed by atoms with Gasteiger partial charge in [-0.05, 0) is 83.5 Å². The summed E-state index contributed by atoms with van der Waals surface area (Å²) >= 11 is 0. The fraction of sp³-hybridized carbons (Fsp3) is 0.296. The molecule has 3 aromatic carbocycles. The molecule has 0 fully saturated rings. The van der Waals surface area contributed by atoms with Gasteiger partial charge in [0.2, 0.25) is 0 Å². The number of rotatable bonds is 7. The third-order valence-electron chi connectivity index (χ3n) is 6.44. The summed E-state index contributed by atoms with van der Waals surface area (Å²) in [6, 6.07) is 22.3. The Morgan fingerprint density at radius 1 is 0.967 bits per heavy atom. The highest BCUT2D eigenvalue weighted by atomic mass is 16.5. The highest BCUT2D eigenvalue weighted by molar-refractivity contribution is 5.87. The van der Waals surface area contributed by atoms with E-state index >= 15 is 0 Å². The molecule has 1 unspecified atom stereocenters. The number of fused-ring (bicyclic) bond motifs is 1. The van der Waals surface area contributed by atoms with E-state index in [0.717, 1.165) is 37.9 Å². The number of hydrogen-bond acceptors (Lipinski definition) is 2. The van der Waals surface area contributed by atoms with Gasteiger partial charge in [-0.3, -0.25) is 0 Å². The van der Waals surface area contributed by atoms with E-state index in [0.29, 0.717) is 5.56 Å². The molecule has 1 aliphatic carbocycles. The molecule has 0 saturated carbocycles. The third-order valence-corrected chi connectivity index (χ3v) is 6.44. The van der Waals surface area contributed by atoms with Crippen LogP contribution in [0.4, 0.5) is 0 Å². The second-order valence-corrected chi connectivity index (χ2v) is 8.50. The van der Waals surface area contributed by atoms with Crippen LogP contribution in [0.25, 0.3) is 0 Å². The number of aryl methyl sites for hydroxylation is 3. The van der Waals surface area contributed by atoms with Crippen LogP contribution in [0, 0.1) is 0 Å². The lowest BCUT2D eigenvalue weighted by Gasteiger charge is -2.29. The number of ether oxygens (including phenoxy) is 1. The molecule has 0 aliphatic heterocycles. The summed E-state index contributed by atoms with van der Waals surface area (Å²) in [5.41, 5.74) is 7.22. The minimum absolute atomic E-state index is 0.0910. The molecule has 0 heterocycles. The number of hydrogen-bond donors (Lipinski definition) is 1. The highest BCUT2D eigenvalue weighted by Gasteiger charge is 2.36. The number of benzene rings is 3. The fourth-order valence-electron chi connectivity index (χ4n) is 4.92. The molecular formula is C27H28O3.